The third-order valence-electron chi connectivity index (χ3n) is 2.60. The second-order valence-electron chi connectivity index (χ2n) is 3.92. The molecule has 2 aromatic heterocycles. The lowest BCUT2D eigenvalue weighted by molar-refractivity contribution is 0.395. The first-order valence-corrected chi connectivity index (χ1v) is 6.87. The molecule has 0 amide bonds. The lowest BCUT2D eigenvalue weighted by atomic mass is 10.2. The fourth-order valence-corrected chi connectivity index (χ4v) is 2.68. The molecule has 3 nitrogen and oxygen atoms in total. The lowest BCUT2D eigenvalue weighted by Gasteiger charge is -2.11. The van der Waals surface area contributed by atoms with Crippen molar-refractivity contribution < 1.29 is 4.74 Å². The van der Waals surface area contributed by atoms with E-state index in [-0.39, 0.29) is 6.04 Å². The van der Waals surface area contributed by atoms with Crippen molar-refractivity contribution in [2.45, 2.75) is 19.5 Å². The molecule has 0 aliphatic heterocycles. The number of thiophene rings is 1. The number of pyridine rings is 1. The smallest absolute Gasteiger partial charge is 0.213 e. The van der Waals surface area contributed by atoms with E-state index < -0.39 is 0 Å². The fourth-order valence-electron chi connectivity index (χ4n) is 1.59. The Balaban J connectivity index is 1.94. The van der Waals surface area contributed by atoms with Gasteiger partial charge in [-0.15, -0.1) is 11.3 Å². The molecule has 0 saturated heterocycles. The Morgan fingerprint density at radius 2 is 2.22 bits per heavy atom. The van der Waals surface area contributed by atoms with Crippen molar-refractivity contribution in [1.82, 2.24) is 10.3 Å². The first kappa shape index (κ1) is 13.3. The highest BCUT2D eigenvalue weighted by atomic mass is 35.5. The van der Waals surface area contributed by atoms with Gasteiger partial charge in [0.15, 0.2) is 0 Å². The number of ether oxygens (including phenoxy) is 1. The molecule has 1 N–H and O–H groups in total. The van der Waals surface area contributed by atoms with Gasteiger partial charge in [0.1, 0.15) is 0 Å². The monoisotopic (exact) mass is 282 g/mol. The Morgan fingerprint density at radius 3 is 2.89 bits per heavy atom. The summed E-state index contributed by atoms with van der Waals surface area (Å²) in [6, 6.07) is 9.98. The number of nitrogens with one attached hydrogen (secondary N) is 1. The topological polar surface area (TPSA) is 34.1 Å². The molecule has 0 aliphatic carbocycles. The van der Waals surface area contributed by atoms with Crippen molar-refractivity contribution in [1.29, 1.82) is 0 Å². The Labute approximate surface area is 116 Å². The van der Waals surface area contributed by atoms with Crippen molar-refractivity contribution in [2.75, 3.05) is 7.11 Å². The van der Waals surface area contributed by atoms with Crippen molar-refractivity contribution in [3.05, 3.63) is 45.2 Å². The SMILES string of the molecule is COc1cccc(CNC(C)c2ccc(Cl)s2)n1. The minimum absolute atomic E-state index is 0.260. The van der Waals surface area contributed by atoms with Crippen LogP contribution in [0.3, 0.4) is 0 Å². The Bertz CT molecular complexity index is 515. The van der Waals surface area contributed by atoms with Crippen LogP contribution in [0.15, 0.2) is 30.3 Å². The van der Waals surface area contributed by atoms with E-state index in [1.165, 1.54) is 4.88 Å². The van der Waals surface area contributed by atoms with Gasteiger partial charge < -0.3 is 10.1 Å². The predicted octanol–water partition coefficient (Wildman–Crippen LogP) is 3.66. The van der Waals surface area contributed by atoms with Gasteiger partial charge in [0, 0.05) is 23.5 Å². The fraction of sp³-hybridized carbons (Fsp3) is 0.308. The molecule has 96 valence electrons. The molecule has 0 aliphatic rings. The molecule has 1 atom stereocenters. The molecule has 2 rings (SSSR count). The van der Waals surface area contributed by atoms with Crippen LogP contribution < -0.4 is 10.1 Å². The van der Waals surface area contributed by atoms with Gasteiger partial charge in [0.05, 0.1) is 17.1 Å². The zero-order valence-electron chi connectivity index (χ0n) is 10.3. The summed E-state index contributed by atoms with van der Waals surface area (Å²) >= 11 is 7.52. The minimum Gasteiger partial charge on any atom is -0.481 e. The van der Waals surface area contributed by atoms with E-state index in [1.807, 2.05) is 30.3 Å². The minimum atomic E-state index is 0.260. The molecule has 0 spiro atoms. The van der Waals surface area contributed by atoms with E-state index in [2.05, 4.69) is 17.2 Å². The van der Waals surface area contributed by atoms with Crippen LogP contribution in [0.2, 0.25) is 4.34 Å². The second kappa shape index (κ2) is 6.18. The van der Waals surface area contributed by atoms with Crippen LogP contribution in [0.4, 0.5) is 0 Å². The van der Waals surface area contributed by atoms with Crippen LogP contribution in [-0.4, -0.2) is 12.1 Å². The van der Waals surface area contributed by atoms with Gasteiger partial charge in [-0.3, -0.25) is 0 Å². The lowest BCUT2D eigenvalue weighted by Crippen LogP contribution is -2.17. The van der Waals surface area contributed by atoms with Gasteiger partial charge in [0.25, 0.3) is 0 Å². The number of hydrogen-bond donors (Lipinski definition) is 1. The highest BCUT2D eigenvalue weighted by Crippen LogP contribution is 2.26. The van der Waals surface area contributed by atoms with Crippen LogP contribution >= 0.6 is 22.9 Å². The molecule has 0 aromatic carbocycles. The van der Waals surface area contributed by atoms with Crippen molar-refractivity contribution in [3.63, 3.8) is 0 Å². The van der Waals surface area contributed by atoms with Gasteiger partial charge >= 0.3 is 0 Å². The molecule has 0 fully saturated rings. The average Bonchev–Trinajstić information content (AvgIpc) is 2.83. The number of methoxy groups -OCH3 is 1. The molecular weight excluding hydrogens is 268 g/mol. The van der Waals surface area contributed by atoms with E-state index >= 15 is 0 Å². The maximum Gasteiger partial charge on any atom is 0.213 e. The predicted molar refractivity (Wildman–Crippen MR) is 75.4 cm³/mol. The maximum atomic E-state index is 5.92. The Morgan fingerprint density at radius 1 is 1.39 bits per heavy atom. The highest BCUT2D eigenvalue weighted by molar-refractivity contribution is 7.16. The third kappa shape index (κ3) is 3.45. The summed E-state index contributed by atoms with van der Waals surface area (Å²) in [5.41, 5.74) is 0.962. The molecule has 5 heteroatoms. The number of halogens is 1. The van der Waals surface area contributed by atoms with Gasteiger partial charge in [0.2, 0.25) is 5.88 Å². The number of nitrogens with zero attached hydrogens (tertiary/aromatic N) is 1. The summed E-state index contributed by atoms with van der Waals surface area (Å²) in [5.74, 6) is 0.640. The first-order chi connectivity index (χ1) is 8.69. The van der Waals surface area contributed by atoms with Crippen LogP contribution in [0, 0.1) is 0 Å². The summed E-state index contributed by atoms with van der Waals surface area (Å²) in [6.45, 7) is 2.82. The molecule has 2 aromatic rings. The molecular formula is C13H15ClN2OS. The van der Waals surface area contributed by atoms with Crippen LogP contribution in [0.5, 0.6) is 5.88 Å². The average molecular weight is 283 g/mol. The summed E-state index contributed by atoms with van der Waals surface area (Å²) in [4.78, 5) is 5.58. The second-order valence-corrected chi connectivity index (χ2v) is 5.66. The number of hydrogen-bond acceptors (Lipinski definition) is 4. The molecule has 1 unspecified atom stereocenters. The van der Waals surface area contributed by atoms with Crippen LogP contribution in [0.1, 0.15) is 23.5 Å². The summed E-state index contributed by atoms with van der Waals surface area (Å²) < 4.78 is 5.91. The van der Waals surface area contributed by atoms with E-state index in [0.29, 0.717) is 12.4 Å². The van der Waals surface area contributed by atoms with Gasteiger partial charge in [-0.2, -0.15) is 0 Å². The molecule has 2 heterocycles. The zero-order valence-corrected chi connectivity index (χ0v) is 11.9. The number of aromatic nitrogens is 1. The summed E-state index contributed by atoms with van der Waals surface area (Å²) in [5, 5.41) is 3.41. The normalized spacial score (nSPS) is 12.4. The van der Waals surface area contributed by atoms with E-state index in [9.17, 15) is 0 Å². The molecule has 0 radical (unpaired) electrons. The Kier molecular flexibility index (Phi) is 4.58. The molecule has 18 heavy (non-hydrogen) atoms. The van der Waals surface area contributed by atoms with Crippen LogP contribution in [0.25, 0.3) is 0 Å². The summed E-state index contributed by atoms with van der Waals surface area (Å²) in [6.07, 6.45) is 0. The Hall–Kier alpha value is -1.10. The molecule has 0 bridgehead atoms. The summed E-state index contributed by atoms with van der Waals surface area (Å²) in [7, 11) is 1.62. The zero-order chi connectivity index (χ0) is 13.0. The van der Waals surface area contributed by atoms with Gasteiger partial charge in [-0.05, 0) is 25.1 Å². The first-order valence-electron chi connectivity index (χ1n) is 5.67. The van der Waals surface area contributed by atoms with Gasteiger partial charge in [-0.25, -0.2) is 4.98 Å². The van der Waals surface area contributed by atoms with E-state index in [1.54, 1.807) is 18.4 Å². The van der Waals surface area contributed by atoms with Crippen molar-refractivity contribution in [3.8, 4) is 5.88 Å². The largest absolute Gasteiger partial charge is 0.481 e. The quantitative estimate of drug-likeness (QED) is 0.909. The van der Waals surface area contributed by atoms with Crippen molar-refractivity contribution in [2.24, 2.45) is 0 Å². The van der Waals surface area contributed by atoms with E-state index in [4.69, 9.17) is 16.3 Å². The van der Waals surface area contributed by atoms with Crippen LogP contribution in [-0.2, 0) is 6.54 Å². The molecule has 0 saturated carbocycles. The van der Waals surface area contributed by atoms with Crippen molar-refractivity contribution >= 4 is 22.9 Å². The maximum absolute atomic E-state index is 5.92. The van der Waals surface area contributed by atoms with Gasteiger partial charge in [-0.1, -0.05) is 17.7 Å². The third-order valence-corrected chi connectivity index (χ3v) is 4.01. The standard InChI is InChI=1S/C13H15ClN2OS/c1-9(11-6-7-12(14)18-11)15-8-10-4-3-5-13(16-10)17-2/h3-7,9,15H,8H2,1-2H3. The highest BCUT2D eigenvalue weighted by Gasteiger charge is 2.08. The number of rotatable bonds is 5. The van der Waals surface area contributed by atoms with E-state index in [0.717, 1.165) is 10.0 Å².